The zero-order valence-electron chi connectivity index (χ0n) is 9.77. The van der Waals surface area contributed by atoms with Gasteiger partial charge in [0.05, 0.1) is 4.90 Å². The Morgan fingerprint density at radius 3 is 2.53 bits per heavy atom. The standard InChI is InChI=1S/C10H14N2O2S3/c1-7-4-5-9(8(2)6-7)17(13,14)12-11-10(15)16-3/h4-6,12H,1-3H3,(H,11,15). The Morgan fingerprint density at radius 2 is 2.00 bits per heavy atom. The Balaban J connectivity index is 2.94. The number of hydrogen-bond donors (Lipinski definition) is 2. The van der Waals surface area contributed by atoms with E-state index in [9.17, 15) is 8.42 Å². The van der Waals surface area contributed by atoms with Gasteiger partial charge in [-0.1, -0.05) is 41.7 Å². The molecule has 0 aliphatic rings. The third-order valence-electron chi connectivity index (χ3n) is 2.09. The molecular formula is C10H14N2O2S3. The first-order valence-electron chi connectivity index (χ1n) is 4.80. The summed E-state index contributed by atoms with van der Waals surface area (Å²) in [5.41, 5.74) is 4.19. The number of rotatable bonds is 3. The first-order chi connectivity index (χ1) is 7.86. The van der Waals surface area contributed by atoms with Gasteiger partial charge in [-0.05, 0) is 31.7 Å². The van der Waals surface area contributed by atoms with Gasteiger partial charge in [-0.2, -0.15) is 0 Å². The van der Waals surface area contributed by atoms with Crippen molar-refractivity contribution in [3.05, 3.63) is 29.3 Å². The first-order valence-corrected chi connectivity index (χ1v) is 7.91. The molecule has 0 saturated heterocycles. The van der Waals surface area contributed by atoms with Crippen LogP contribution in [0.5, 0.6) is 0 Å². The number of aryl methyl sites for hydroxylation is 2. The van der Waals surface area contributed by atoms with Crippen LogP contribution < -0.4 is 10.3 Å². The molecule has 1 aromatic rings. The van der Waals surface area contributed by atoms with Crippen LogP contribution in [0.15, 0.2) is 23.1 Å². The van der Waals surface area contributed by atoms with Gasteiger partial charge in [-0.15, -0.1) is 4.83 Å². The molecule has 0 fully saturated rings. The summed E-state index contributed by atoms with van der Waals surface area (Å²) in [6, 6.07) is 5.16. The number of sulfonamides is 1. The van der Waals surface area contributed by atoms with Crippen LogP contribution >= 0.6 is 24.0 Å². The maximum absolute atomic E-state index is 11.9. The van der Waals surface area contributed by atoms with Crippen molar-refractivity contribution in [3.8, 4) is 0 Å². The average molecular weight is 290 g/mol. The second-order valence-corrected chi connectivity index (χ2v) is 6.63. The van der Waals surface area contributed by atoms with E-state index >= 15 is 0 Å². The van der Waals surface area contributed by atoms with Crippen molar-refractivity contribution in [3.63, 3.8) is 0 Å². The number of nitrogens with one attached hydrogen (secondary N) is 2. The molecule has 0 aliphatic heterocycles. The molecule has 0 atom stereocenters. The number of hydrogen-bond acceptors (Lipinski definition) is 4. The summed E-state index contributed by atoms with van der Waals surface area (Å²) in [6.45, 7) is 3.67. The van der Waals surface area contributed by atoms with Crippen molar-refractivity contribution < 1.29 is 8.42 Å². The summed E-state index contributed by atoms with van der Waals surface area (Å²) in [7, 11) is -3.57. The van der Waals surface area contributed by atoms with E-state index in [2.05, 4.69) is 10.3 Å². The summed E-state index contributed by atoms with van der Waals surface area (Å²) in [6.07, 6.45) is 1.76. The second-order valence-electron chi connectivity index (χ2n) is 3.49. The Labute approximate surface area is 111 Å². The van der Waals surface area contributed by atoms with Crippen molar-refractivity contribution >= 4 is 38.3 Å². The third kappa shape index (κ3) is 3.95. The normalized spacial score (nSPS) is 11.2. The minimum atomic E-state index is -3.57. The SMILES string of the molecule is CSC(=S)NNS(=O)(=O)c1ccc(C)cc1C. The van der Waals surface area contributed by atoms with Gasteiger partial charge in [0.25, 0.3) is 10.0 Å². The molecule has 0 amide bonds. The summed E-state index contributed by atoms with van der Waals surface area (Å²) < 4.78 is 24.3. The summed E-state index contributed by atoms with van der Waals surface area (Å²) in [5, 5.41) is 0. The monoisotopic (exact) mass is 290 g/mol. The molecule has 17 heavy (non-hydrogen) atoms. The van der Waals surface area contributed by atoms with Crippen LogP contribution in [-0.4, -0.2) is 19.0 Å². The minimum absolute atomic E-state index is 0.250. The topological polar surface area (TPSA) is 58.2 Å². The lowest BCUT2D eigenvalue weighted by atomic mass is 10.2. The number of benzene rings is 1. The van der Waals surface area contributed by atoms with E-state index in [4.69, 9.17) is 12.2 Å². The zero-order valence-corrected chi connectivity index (χ0v) is 12.2. The van der Waals surface area contributed by atoms with E-state index in [0.29, 0.717) is 9.88 Å². The Morgan fingerprint density at radius 1 is 1.35 bits per heavy atom. The van der Waals surface area contributed by atoms with E-state index in [1.54, 1.807) is 25.3 Å². The van der Waals surface area contributed by atoms with Gasteiger partial charge in [0.2, 0.25) is 0 Å². The molecule has 0 bridgehead atoms. The molecule has 0 spiro atoms. The maximum atomic E-state index is 11.9. The molecule has 2 N–H and O–H groups in total. The summed E-state index contributed by atoms with van der Waals surface area (Å²) >= 11 is 6.11. The highest BCUT2D eigenvalue weighted by Crippen LogP contribution is 2.15. The Kier molecular flexibility index (Phi) is 4.93. The highest BCUT2D eigenvalue weighted by Gasteiger charge is 2.16. The van der Waals surface area contributed by atoms with Crippen molar-refractivity contribution in [2.24, 2.45) is 0 Å². The molecule has 0 aromatic heterocycles. The lowest BCUT2D eigenvalue weighted by molar-refractivity contribution is 0.577. The van der Waals surface area contributed by atoms with E-state index in [0.717, 1.165) is 5.56 Å². The van der Waals surface area contributed by atoms with Crippen LogP contribution in [0.4, 0.5) is 0 Å². The average Bonchev–Trinajstić information content (AvgIpc) is 2.25. The van der Waals surface area contributed by atoms with Crippen molar-refractivity contribution in [2.45, 2.75) is 18.7 Å². The molecule has 1 aromatic carbocycles. The maximum Gasteiger partial charge on any atom is 0.257 e. The van der Waals surface area contributed by atoms with Crippen molar-refractivity contribution in [1.82, 2.24) is 10.3 Å². The largest absolute Gasteiger partial charge is 0.293 e. The Hall–Kier alpha value is -0.630. The number of hydrazine groups is 1. The van der Waals surface area contributed by atoms with E-state index < -0.39 is 10.0 Å². The molecule has 7 heteroatoms. The Bertz CT molecular complexity index is 526. The molecule has 0 aliphatic carbocycles. The van der Waals surface area contributed by atoms with Crippen LogP contribution in [-0.2, 0) is 10.0 Å². The fraction of sp³-hybridized carbons (Fsp3) is 0.300. The lowest BCUT2D eigenvalue weighted by Gasteiger charge is -2.11. The van der Waals surface area contributed by atoms with E-state index in [1.165, 1.54) is 11.8 Å². The fourth-order valence-corrected chi connectivity index (χ4v) is 2.73. The first kappa shape index (κ1) is 14.4. The molecule has 0 unspecified atom stereocenters. The van der Waals surface area contributed by atoms with Crippen LogP contribution in [0.2, 0.25) is 0 Å². The van der Waals surface area contributed by atoms with Gasteiger partial charge >= 0.3 is 0 Å². The number of thiocarbonyl (C=S) groups is 1. The molecule has 94 valence electrons. The second kappa shape index (κ2) is 5.81. The van der Waals surface area contributed by atoms with Gasteiger partial charge in [-0.25, -0.2) is 8.42 Å². The van der Waals surface area contributed by atoms with Gasteiger partial charge < -0.3 is 0 Å². The highest BCUT2D eigenvalue weighted by atomic mass is 32.2. The summed E-state index contributed by atoms with van der Waals surface area (Å²) in [4.78, 5) is 2.50. The van der Waals surface area contributed by atoms with Gasteiger partial charge in [0.15, 0.2) is 0 Å². The highest BCUT2D eigenvalue weighted by molar-refractivity contribution is 8.22. The molecule has 0 saturated carbocycles. The predicted molar refractivity (Wildman–Crippen MR) is 75.5 cm³/mol. The van der Waals surface area contributed by atoms with Crippen molar-refractivity contribution in [1.29, 1.82) is 0 Å². The van der Waals surface area contributed by atoms with E-state index in [1.807, 2.05) is 13.0 Å². The van der Waals surface area contributed by atoms with E-state index in [-0.39, 0.29) is 4.90 Å². The molecular weight excluding hydrogens is 276 g/mol. The fourth-order valence-electron chi connectivity index (χ4n) is 1.32. The lowest BCUT2D eigenvalue weighted by Crippen LogP contribution is -2.39. The van der Waals surface area contributed by atoms with Crippen LogP contribution in [0, 0.1) is 13.8 Å². The minimum Gasteiger partial charge on any atom is -0.293 e. The quantitative estimate of drug-likeness (QED) is 0.656. The molecule has 0 heterocycles. The van der Waals surface area contributed by atoms with Crippen molar-refractivity contribution in [2.75, 3.05) is 6.26 Å². The van der Waals surface area contributed by atoms with Crippen LogP contribution in [0.1, 0.15) is 11.1 Å². The third-order valence-corrected chi connectivity index (χ3v) is 4.58. The smallest absolute Gasteiger partial charge is 0.257 e. The molecule has 4 nitrogen and oxygen atoms in total. The summed E-state index contributed by atoms with van der Waals surface area (Å²) in [5.74, 6) is 0. The predicted octanol–water partition coefficient (Wildman–Crippen LogP) is 1.73. The number of thioether (sulfide) groups is 1. The van der Waals surface area contributed by atoms with Crippen LogP contribution in [0.25, 0.3) is 0 Å². The van der Waals surface area contributed by atoms with Gasteiger partial charge in [-0.3, -0.25) is 5.43 Å². The molecule has 1 rings (SSSR count). The van der Waals surface area contributed by atoms with Gasteiger partial charge in [0.1, 0.15) is 4.32 Å². The van der Waals surface area contributed by atoms with Gasteiger partial charge in [0, 0.05) is 0 Å². The zero-order chi connectivity index (χ0) is 13.1. The van der Waals surface area contributed by atoms with Crippen LogP contribution in [0.3, 0.4) is 0 Å². The molecule has 0 radical (unpaired) electrons.